The first-order chi connectivity index (χ1) is 11.8. The zero-order valence-corrected chi connectivity index (χ0v) is 15.4. The van der Waals surface area contributed by atoms with Gasteiger partial charge in [-0.15, -0.1) is 0 Å². The van der Waals surface area contributed by atoms with Crippen molar-refractivity contribution in [3.05, 3.63) is 35.6 Å². The molecule has 0 saturated carbocycles. The lowest BCUT2D eigenvalue weighted by atomic mass is 10.00. The van der Waals surface area contributed by atoms with Crippen LogP contribution in [0.25, 0.3) is 0 Å². The normalized spacial score (nSPS) is 22.9. The summed E-state index contributed by atoms with van der Waals surface area (Å²) in [6.45, 7) is 4.96. The SMILES string of the molecule is CC(C)C(=O)N1CCC2(CC1)N(Cc1cccc(F)c1)C(=O)CS2=O. The summed E-state index contributed by atoms with van der Waals surface area (Å²) < 4.78 is 26.2. The minimum absolute atomic E-state index is 0.00738. The number of nitrogens with zero attached hydrogens (tertiary/aromatic N) is 2. The Morgan fingerprint density at radius 2 is 2.00 bits per heavy atom. The van der Waals surface area contributed by atoms with Crippen molar-refractivity contribution in [2.24, 2.45) is 5.92 Å². The molecule has 2 aliphatic heterocycles. The molecular weight excluding hydrogens is 343 g/mol. The molecule has 2 heterocycles. The van der Waals surface area contributed by atoms with Crippen molar-refractivity contribution >= 4 is 22.6 Å². The fourth-order valence-electron chi connectivity index (χ4n) is 3.66. The maximum absolute atomic E-state index is 13.5. The molecule has 2 aliphatic rings. The van der Waals surface area contributed by atoms with Gasteiger partial charge in [-0.05, 0) is 17.7 Å². The second kappa shape index (κ2) is 6.86. The predicted octanol–water partition coefficient (Wildman–Crippen LogP) is 1.89. The number of halogens is 1. The van der Waals surface area contributed by atoms with E-state index in [1.54, 1.807) is 21.9 Å². The van der Waals surface area contributed by atoms with Crippen LogP contribution in [0, 0.1) is 11.7 Å². The highest BCUT2D eigenvalue weighted by atomic mass is 32.2. The van der Waals surface area contributed by atoms with E-state index in [1.165, 1.54) is 12.1 Å². The number of likely N-dealkylation sites (tertiary alicyclic amines) is 1. The van der Waals surface area contributed by atoms with Crippen LogP contribution >= 0.6 is 0 Å². The highest BCUT2D eigenvalue weighted by molar-refractivity contribution is 7.87. The molecule has 2 amide bonds. The third-order valence-corrected chi connectivity index (χ3v) is 7.04. The van der Waals surface area contributed by atoms with E-state index in [-0.39, 0.29) is 35.8 Å². The Morgan fingerprint density at radius 1 is 1.32 bits per heavy atom. The minimum Gasteiger partial charge on any atom is -0.342 e. The van der Waals surface area contributed by atoms with E-state index in [4.69, 9.17) is 0 Å². The van der Waals surface area contributed by atoms with Gasteiger partial charge in [0.2, 0.25) is 11.8 Å². The van der Waals surface area contributed by atoms with Crippen molar-refractivity contribution in [2.75, 3.05) is 18.8 Å². The Balaban J connectivity index is 1.80. The van der Waals surface area contributed by atoms with Crippen LogP contribution in [0.15, 0.2) is 24.3 Å². The van der Waals surface area contributed by atoms with Crippen molar-refractivity contribution in [2.45, 2.75) is 38.1 Å². The summed E-state index contributed by atoms with van der Waals surface area (Å²) in [7, 11) is -1.30. The average Bonchev–Trinajstić information content (AvgIpc) is 2.79. The number of amides is 2. The Hall–Kier alpha value is -1.76. The van der Waals surface area contributed by atoms with Crippen LogP contribution in [-0.2, 0) is 26.9 Å². The van der Waals surface area contributed by atoms with Gasteiger partial charge in [0, 0.05) is 38.4 Å². The average molecular weight is 366 g/mol. The topological polar surface area (TPSA) is 57.7 Å². The Morgan fingerprint density at radius 3 is 2.60 bits per heavy atom. The molecule has 0 bridgehead atoms. The second-order valence-electron chi connectivity index (χ2n) is 7.03. The first kappa shape index (κ1) is 18.0. The molecule has 5 nitrogen and oxygen atoms in total. The number of hydrogen-bond donors (Lipinski definition) is 0. The summed E-state index contributed by atoms with van der Waals surface area (Å²) in [6, 6.07) is 6.14. The molecule has 1 atom stereocenters. The van der Waals surface area contributed by atoms with E-state index in [1.807, 2.05) is 13.8 Å². The number of carbonyl (C=O) groups excluding carboxylic acids is 2. The highest BCUT2D eigenvalue weighted by Crippen LogP contribution is 2.38. The first-order valence-corrected chi connectivity index (χ1v) is 9.87. The van der Waals surface area contributed by atoms with Crippen molar-refractivity contribution < 1.29 is 18.2 Å². The first-order valence-electron chi connectivity index (χ1n) is 8.56. The molecule has 0 aliphatic carbocycles. The smallest absolute Gasteiger partial charge is 0.236 e. The quantitative estimate of drug-likeness (QED) is 0.821. The molecular formula is C18H23FN2O3S. The Labute approximate surface area is 149 Å². The van der Waals surface area contributed by atoms with Crippen LogP contribution in [0.4, 0.5) is 4.39 Å². The summed E-state index contributed by atoms with van der Waals surface area (Å²) in [5, 5.41) is 0. The number of carbonyl (C=O) groups is 2. The molecule has 3 rings (SSSR count). The third-order valence-electron chi connectivity index (χ3n) is 5.05. The van der Waals surface area contributed by atoms with Crippen LogP contribution in [0.1, 0.15) is 32.3 Å². The maximum atomic E-state index is 13.5. The molecule has 0 radical (unpaired) electrons. The van der Waals surface area contributed by atoms with Crippen molar-refractivity contribution in [1.29, 1.82) is 0 Å². The van der Waals surface area contributed by atoms with Crippen LogP contribution in [-0.4, -0.2) is 49.5 Å². The molecule has 2 fully saturated rings. The molecule has 0 N–H and O–H groups in total. The van der Waals surface area contributed by atoms with Gasteiger partial charge in [-0.2, -0.15) is 0 Å². The minimum atomic E-state index is -1.30. The molecule has 0 aromatic heterocycles. The fourth-order valence-corrected chi connectivity index (χ4v) is 5.36. The zero-order valence-electron chi connectivity index (χ0n) is 14.5. The lowest BCUT2D eigenvalue weighted by molar-refractivity contribution is -0.138. The van der Waals surface area contributed by atoms with E-state index < -0.39 is 15.7 Å². The van der Waals surface area contributed by atoms with Crippen LogP contribution in [0.2, 0.25) is 0 Å². The van der Waals surface area contributed by atoms with Gasteiger partial charge >= 0.3 is 0 Å². The lowest BCUT2D eigenvalue weighted by Crippen LogP contribution is -2.55. The van der Waals surface area contributed by atoms with Gasteiger partial charge in [0.15, 0.2) is 0 Å². The van der Waals surface area contributed by atoms with Crippen molar-refractivity contribution in [1.82, 2.24) is 9.80 Å². The second-order valence-corrected chi connectivity index (χ2v) is 8.77. The van der Waals surface area contributed by atoms with Gasteiger partial charge < -0.3 is 9.80 Å². The zero-order chi connectivity index (χ0) is 18.2. The van der Waals surface area contributed by atoms with Gasteiger partial charge in [-0.3, -0.25) is 13.8 Å². The predicted molar refractivity (Wildman–Crippen MR) is 93.3 cm³/mol. The van der Waals surface area contributed by atoms with E-state index in [0.29, 0.717) is 31.5 Å². The molecule has 1 aromatic rings. The molecule has 1 unspecified atom stereocenters. The lowest BCUT2D eigenvalue weighted by Gasteiger charge is -2.44. The molecule has 7 heteroatoms. The van der Waals surface area contributed by atoms with E-state index >= 15 is 0 Å². The van der Waals surface area contributed by atoms with Crippen LogP contribution in [0.5, 0.6) is 0 Å². The highest BCUT2D eigenvalue weighted by Gasteiger charge is 2.53. The molecule has 2 saturated heterocycles. The number of piperidine rings is 1. The number of hydrogen-bond acceptors (Lipinski definition) is 3. The maximum Gasteiger partial charge on any atom is 0.236 e. The molecule has 1 spiro atoms. The Bertz CT molecular complexity index is 714. The van der Waals surface area contributed by atoms with Crippen LogP contribution < -0.4 is 0 Å². The Kier molecular flexibility index (Phi) is 4.95. The van der Waals surface area contributed by atoms with Crippen molar-refractivity contribution in [3.63, 3.8) is 0 Å². The molecule has 136 valence electrons. The fraction of sp³-hybridized carbons (Fsp3) is 0.556. The molecule has 25 heavy (non-hydrogen) atoms. The third kappa shape index (κ3) is 3.34. The summed E-state index contributed by atoms with van der Waals surface area (Å²) >= 11 is 0. The van der Waals surface area contributed by atoms with E-state index in [9.17, 15) is 18.2 Å². The van der Waals surface area contributed by atoms with Gasteiger partial charge in [0.05, 0.1) is 10.8 Å². The summed E-state index contributed by atoms with van der Waals surface area (Å²) in [6.07, 6.45) is 0.998. The number of benzene rings is 1. The largest absolute Gasteiger partial charge is 0.342 e. The van der Waals surface area contributed by atoms with Crippen LogP contribution in [0.3, 0.4) is 0 Å². The molecule has 1 aromatic carbocycles. The van der Waals surface area contributed by atoms with Crippen molar-refractivity contribution in [3.8, 4) is 0 Å². The van der Waals surface area contributed by atoms with Gasteiger partial charge in [0.25, 0.3) is 0 Å². The van der Waals surface area contributed by atoms with Gasteiger partial charge in [-0.1, -0.05) is 26.0 Å². The van der Waals surface area contributed by atoms with E-state index in [0.717, 1.165) is 0 Å². The summed E-state index contributed by atoms with van der Waals surface area (Å²) in [4.78, 5) is 27.3. The summed E-state index contributed by atoms with van der Waals surface area (Å²) in [5.74, 6) is -0.495. The van der Waals surface area contributed by atoms with Gasteiger partial charge in [0.1, 0.15) is 16.4 Å². The summed E-state index contributed by atoms with van der Waals surface area (Å²) in [5.41, 5.74) is 0.687. The standard InChI is InChI=1S/C18H23FN2O3S/c1-13(2)17(23)20-8-6-18(7-9-20)21(16(22)12-25(18)24)11-14-4-3-5-15(19)10-14/h3-5,10,13H,6-9,11-12H2,1-2H3. The number of rotatable bonds is 3. The van der Waals surface area contributed by atoms with E-state index in [2.05, 4.69) is 0 Å². The van der Waals surface area contributed by atoms with Gasteiger partial charge in [-0.25, -0.2) is 4.39 Å². The monoisotopic (exact) mass is 366 g/mol.